The predicted octanol–water partition coefficient (Wildman–Crippen LogP) is 2.17. The molecule has 1 aromatic heterocycles. The van der Waals surface area contributed by atoms with Crippen molar-refractivity contribution in [2.75, 3.05) is 0 Å². The van der Waals surface area contributed by atoms with Crippen LogP contribution in [0.4, 0.5) is 13.2 Å². The van der Waals surface area contributed by atoms with E-state index in [1.54, 1.807) is 0 Å². The van der Waals surface area contributed by atoms with Gasteiger partial charge in [-0.2, -0.15) is 0 Å². The molecule has 0 spiro atoms. The lowest BCUT2D eigenvalue weighted by molar-refractivity contribution is -0.275. The van der Waals surface area contributed by atoms with Crippen LogP contribution < -0.4 is 15.0 Å². The van der Waals surface area contributed by atoms with Crippen molar-refractivity contribution in [1.29, 1.82) is 0 Å². The number of benzene rings is 1. The van der Waals surface area contributed by atoms with Crippen molar-refractivity contribution in [3.8, 4) is 11.6 Å². The maximum Gasteiger partial charge on any atom is 0.573 e. The Morgan fingerprint density at radius 2 is 2.13 bits per heavy atom. The smallest absolute Gasteiger partial charge is 0.472 e. The van der Waals surface area contributed by atoms with Crippen LogP contribution in [-0.4, -0.2) is 26.7 Å². The number of aromatic nitrogens is 2. The van der Waals surface area contributed by atoms with E-state index in [0.717, 1.165) is 10.2 Å². The molecule has 1 aromatic carbocycles. The van der Waals surface area contributed by atoms with E-state index in [-0.39, 0.29) is 17.0 Å². The van der Waals surface area contributed by atoms with Gasteiger partial charge in [-0.3, -0.25) is 10.0 Å². The highest BCUT2D eigenvalue weighted by Gasteiger charge is 2.33. The van der Waals surface area contributed by atoms with Crippen LogP contribution >= 0.6 is 12.8 Å². The summed E-state index contributed by atoms with van der Waals surface area (Å²) in [6, 6.07) is 4.84. The van der Waals surface area contributed by atoms with Gasteiger partial charge in [-0.1, -0.05) is 6.07 Å². The van der Waals surface area contributed by atoms with Gasteiger partial charge in [0.25, 0.3) is 5.91 Å². The Bertz CT molecular complexity index is 705. The first-order chi connectivity index (χ1) is 10.8. The summed E-state index contributed by atoms with van der Waals surface area (Å²) in [6.07, 6.45) is -3.51. The highest BCUT2D eigenvalue weighted by molar-refractivity contribution is 7.78. The number of amides is 1. The first-order valence-electron chi connectivity index (χ1n) is 6.00. The molecule has 23 heavy (non-hydrogen) atoms. The number of alkyl halides is 3. The molecule has 0 bridgehead atoms. The number of hydroxylamine groups is 1. The van der Waals surface area contributed by atoms with Crippen LogP contribution in [0.25, 0.3) is 0 Å². The molecule has 2 N–H and O–H groups in total. The van der Waals surface area contributed by atoms with Crippen LogP contribution in [0.2, 0.25) is 0 Å². The Morgan fingerprint density at radius 3 is 2.70 bits per heavy atom. The normalized spacial score (nSPS) is 11.2. The average Bonchev–Trinajstić information content (AvgIpc) is 2.89. The molecule has 0 saturated carbocycles. The molecule has 0 aliphatic heterocycles. The summed E-state index contributed by atoms with van der Waals surface area (Å²) in [6.45, 7) is -0.445. The number of thiol groups is 1. The zero-order chi connectivity index (χ0) is 17.0. The van der Waals surface area contributed by atoms with Gasteiger partial charge in [0, 0.05) is 17.8 Å². The fraction of sp³-hybridized carbons (Fsp3) is 0.167. The molecule has 0 atom stereocenters. The lowest BCUT2D eigenvalue weighted by atomic mass is 10.1. The number of carbonyl (C=O) groups excluding carboxylic acids is 1. The molecule has 0 fully saturated rings. The summed E-state index contributed by atoms with van der Waals surface area (Å²) in [5, 5.41) is 12.5. The molecule has 0 aliphatic carbocycles. The molecule has 7 nitrogen and oxygen atoms in total. The summed E-state index contributed by atoms with van der Waals surface area (Å²) >= 11 is 3.88. The Hall–Kier alpha value is -2.40. The van der Waals surface area contributed by atoms with Crippen LogP contribution in [0.15, 0.2) is 30.5 Å². The van der Waals surface area contributed by atoms with Gasteiger partial charge in [0.2, 0.25) is 5.88 Å². The Balaban J connectivity index is 2.33. The van der Waals surface area contributed by atoms with Crippen molar-refractivity contribution < 1.29 is 32.6 Å². The molecule has 11 heteroatoms. The van der Waals surface area contributed by atoms with Crippen LogP contribution in [-0.2, 0) is 6.61 Å². The maximum absolute atomic E-state index is 12.5. The summed E-state index contributed by atoms with van der Waals surface area (Å²) < 4.78 is 47.6. The van der Waals surface area contributed by atoms with Gasteiger partial charge >= 0.3 is 6.36 Å². The third kappa shape index (κ3) is 4.53. The van der Waals surface area contributed by atoms with E-state index in [2.05, 4.69) is 22.7 Å². The molecule has 0 radical (unpaired) electrons. The monoisotopic (exact) mass is 349 g/mol. The van der Waals surface area contributed by atoms with Crippen molar-refractivity contribution in [2.45, 2.75) is 13.0 Å². The molecule has 2 rings (SSSR count). The minimum Gasteiger partial charge on any atom is -0.472 e. The SMILES string of the molecule is O=C(NO)c1cccc(OC(F)(F)F)c1COc1ccn(S)n1. The first-order valence-corrected chi connectivity index (χ1v) is 6.40. The zero-order valence-electron chi connectivity index (χ0n) is 11.2. The van der Waals surface area contributed by atoms with Crippen molar-refractivity contribution >= 4 is 18.7 Å². The molecular formula is C12H10F3N3O4S. The van der Waals surface area contributed by atoms with Gasteiger partial charge in [0.15, 0.2) is 0 Å². The van der Waals surface area contributed by atoms with Crippen LogP contribution in [0.1, 0.15) is 15.9 Å². The standard InChI is InChI=1S/C12H10F3N3O4S/c13-12(14,15)22-9-3-1-2-7(11(19)17-20)8(9)6-21-10-4-5-18(23)16-10/h1-5,20,23H,6H2,(H,17,19). The predicted molar refractivity (Wildman–Crippen MR) is 73.3 cm³/mol. The highest BCUT2D eigenvalue weighted by Crippen LogP contribution is 2.29. The molecule has 1 amide bonds. The molecule has 1 heterocycles. The number of hydrogen-bond donors (Lipinski definition) is 3. The van der Waals surface area contributed by atoms with Crippen LogP contribution in [0, 0.1) is 0 Å². The molecule has 0 saturated heterocycles. The van der Waals surface area contributed by atoms with Crippen molar-refractivity contribution in [3.63, 3.8) is 0 Å². The van der Waals surface area contributed by atoms with E-state index < -0.39 is 24.6 Å². The lowest BCUT2D eigenvalue weighted by Gasteiger charge is -2.15. The fourth-order valence-electron chi connectivity index (χ4n) is 1.73. The van der Waals surface area contributed by atoms with E-state index in [9.17, 15) is 18.0 Å². The van der Waals surface area contributed by atoms with E-state index in [1.165, 1.54) is 29.9 Å². The Morgan fingerprint density at radius 1 is 1.39 bits per heavy atom. The number of nitrogens with one attached hydrogen (secondary N) is 1. The van der Waals surface area contributed by atoms with Gasteiger partial charge < -0.3 is 9.47 Å². The summed E-state index contributed by atoms with van der Waals surface area (Å²) in [4.78, 5) is 11.6. The minimum absolute atomic E-state index is 0.0807. The highest BCUT2D eigenvalue weighted by atomic mass is 32.1. The van der Waals surface area contributed by atoms with Crippen LogP contribution in [0.3, 0.4) is 0 Å². The number of rotatable bonds is 5. The summed E-state index contributed by atoms with van der Waals surface area (Å²) in [5.74, 6) is -1.54. The minimum atomic E-state index is -4.95. The molecule has 124 valence electrons. The molecule has 0 unspecified atom stereocenters. The summed E-state index contributed by atoms with van der Waals surface area (Å²) in [7, 11) is 0. The van der Waals surface area contributed by atoms with Crippen molar-refractivity contribution in [1.82, 2.24) is 14.7 Å². The van der Waals surface area contributed by atoms with Gasteiger partial charge in [0.1, 0.15) is 12.4 Å². The van der Waals surface area contributed by atoms with E-state index >= 15 is 0 Å². The average molecular weight is 349 g/mol. The quantitative estimate of drug-likeness (QED) is 0.438. The Kier molecular flexibility index (Phi) is 5.01. The van der Waals surface area contributed by atoms with E-state index in [4.69, 9.17) is 9.94 Å². The third-order valence-corrected chi connectivity index (χ3v) is 2.84. The van der Waals surface area contributed by atoms with Gasteiger partial charge in [-0.15, -0.1) is 18.3 Å². The topological polar surface area (TPSA) is 85.6 Å². The number of hydrogen-bond acceptors (Lipinski definition) is 6. The second kappa shape index (κ2) is 6.79. The zero-order valence-corrected chi connectivity index (χ0v) is 12.1. The lowest BCUT2D eigenvalue weighted by Crippen LogP contribution is -2.23. The number of ether oxygens (including phenoxy) is 2. The van der Waals surface area contributed by atoms with Crippen molar-refractivity contribution in [3.05, 3.63) is 41.6 Å². The molecule has 2 aromatic rings. The number of nitrogens with zero attached hydrogens (tertiary/aromatic N) is 2. The first kappa shape index (κ1) is 17.0. The van der Waals surface area contributed by atoms with Gasteiger partial charge in [0.05, 0.1) is 5.56 Å². The number of carbonyl (C=O) groups is 1. The fourth-order valence-corrected chi connectivity index (χ4v) is 1.88. The molecular weight excluding hydrogens is 339 g/mol. The van der Waals surface area contributed by atoms with Crippen LogP contribution in [0.5, 0.6) is 11.6 Å². The third-order valence-electron chi connectivity index (χ3n) is 2.62. The molecule has 0 aliphatic rings. The maximum atomic E-state index is 12.5. The van der Waals surface area contributed by atoms with Crippen molar-refractivity contribution in [2.24, 2.45) is 0 Å². The van der Waals surface area contributed by atoms with E-state index in [0.29, 0.717) is 0 Å². The second-order valence-electron chi connectivity index (χ2n) is 4.13. The largest absolute Gasteiger partial charge is 0.573 e. The van der Waals surface area contributed by atoms with E-state index in [1.807, 2.05) is 0 Å². The Labute approximate surface area is 133 Å². The second-order valence-corrected chi connectivity index (χ2v) is 4.54. The summed E-state index contributed by atoms with van der Waals surface area (Å²) in [5.41, 5.74) is 0.911. The van der Waals surface area contributed by atoms with Gasteiger partial charge in [-0.05, 0) is 24.9 Å². The van der Waals surface area contributed by atoms with Gasteiger partial charge in [-0.25, -0.2) is 9.57 Å². The number of halogens is 3.